The number of carboxylic acid groups (broad SMARTS) is 1. The Balaban J connectivity index is 2.94. The number of carbonyl (C=O) groups is 2. The lowest BCUT2D eigenvalue weighted by Gasteiger charge is -2.01. The minimum atomic E-state index is -1.02. The van der Waals surface area contributed by atoms with Crippen LogP contribution in [0.25, 0.3) is 6.08 Å². The van der Waals surface area contributed by atoms with E-state index >= 15 is 0 Å². The van der Waals surface area contributed by atoms with Gasteiger partial charge in [-0.3, -0.25) is 4.79 Å². The number of anilines is 1. The van der Waals surface area contributed by atoms with Crippen molar-refractivity contribution in [2.45, 2.75) is 6.42 Å². The van der Waals surface area contributed by atoms with Crippen LogP contribution in [-0.2, 0) is 4.79 Å². The quantitative estimate of drug-likeness (QED) is 0.654. The number of primary amides is 1. The summed E-state index contributed by atoms with van der Waals surface area (Å²) >= 11 is 0. The lowest BCUT2D eigenvalue weighted by Crippen LogP contribution is -2.08. The van der Waals surface area contributed by atoms with Crippen LogP contribution in [0.2, 0.25) is 0 Å². The third-order valence-electron chi connectivity index (χ3n) is 1.95. The van der Waals surface area contributed by atoms with Crippen molar-refractivity contribution in [1.29, 1.82) is 0 Å². The molecule has 0 saturated heterocycles. The number of hydrogen-bond donors (Lipinski definition) is 3. The minimum absolute atomic E-state index is 0.0940. The van der Waals surface area contributed by atoms with Crippen molar-refractivity contribution in [2.75, 3.05) is 5.73 Å². The van der Waals surface area contributed by atoms with Crippen LogP contribution < -0.4 is 11.5 Å². The molecule has 0 heterocycles. The Kier molecular flexibility index (Phi) is 3.66. The summed E-state index contributed by atoms with van der Waals surface area (Å²) in [4.78, 5) is 21.2. The molecular formula is C11H12N2O3. The van der Waals surface area contributed by atoms with Crippen LogP contribution in [0.1, 0.15) is 22.3 Å². The highest BCUT2D eigenvalue weighted by atomic mass is 16.4. The molecule has 0 spiro atoms. The predicted molar refractivity (Wildman–Crippen MR) is 60.7 cm³/mol. The van der Waals surface area contributed by atoms with Gasteiger partial charge in [0.25, 0.3) is 0 Å². The third kappa shape index (κ3) is 3.13. The van der Waals surface area contributed by atoms with Crippen LogP contribution in [0.4, 0.5) is 5.69 Å². The summed E-state index contributed by atoms with van der Waals surface area (Å²) in [6.07, 6.45) is 3.21. The first kappa shape index (κ1) is 11.8. The summed E-state index contributed by atoms with van der Waals surface area (Å²) in [5.41, 5.74) is 11.8. The Morgan fingerprint density at radius 3 is 2.62 bits per heavy atom. The SMILES string of the molecule is NC(=O)CC=Cc1cc(C(=O)O)ccc1N. The molecule has 84 valence electrons. The van der Waals surface area contributed by atoms with E-state index in [9.17, 15) is 9.59 Å². The highest BCUT2D eigenvalue weighted by Gasteiger charge is 2.04. The first-order valence-corrected chi connectivity index (χ1v) is 4.58. The van der Waals surface area contributed by atoms with Gasteiger partial charge in [0.15, 0.2) is 0 Å². The Hall–Kier alpha value is -2.30. The Bertz CT molecular complexity index is 453. The fourth-order valence-electron chi connectivity index (χ4n) is 1.15. The molecule has 0 saturated carbocycles. The summed E-state index contributed by atoms with van der Waals surface area (Å²) in [5.74, 6) is -1.48. The molecule has 5 heteroatoms. The minimum Gasteiger partial charge on any atom is -0.478 e. The van der Waals surface area contributed by atoms with E-state index in [0.29, 0.717) is 11.3 Å². The van der Waals surface area contributed by atoms with Gasteiger partial charge in [0.2, 0.25) is 5.91 Å². The molecule has 16 heavy (non-hydrogen) atoms. The van der Waals surface area contributed by atoms with E-state index in [-0.39, 0.29) is 12.0 Å². The molecule has 1 aromatic rings. The zero-order chi connectivity index (χ0) is 12.1. The molecule has 5 N–H and O–H groups in total. The monoisotopic (exact) mass is 220 g/mol. The number of carbonyl (C=O) groups excluding carboxylic acids is 1. The first-order valence-electron chi connectivity index (χ1n) is 4.58. The summed E-state index contributed by atoms with van der Waals surface area (Å²) in [5, 5.41) is 8.77. The molecule has 0 fully saturated rings. The highest BCUT2D eigenvalue weighted by molar-refractivity contribution is 5.89. The van der Waals surface area contributed by atoms with E-state index < -0.39 is 11.9 Å². The van der Waals surface area contributed by atoms with Crippen LogP contribution in [0.3, 0.4) is 0 Å². The van der Waals surface area contributed by atoms with Crippen molar-refractivity contribution in [3.63, 3.8) is 0 Å². The number of nitrogen functional groups attached to an aromatic ring is 1. The van der Waals surface area contributed by atoms with Gasteiger partial charge in [0.1, 0.15) is 0 Å². The molecule has 0 bridgehead atoms. The van der Waals surface area contributed by atoms with Crippen molar-refractivity contribution in [3.05, 3.63) is 35.4 Å². The zero-order valence-electron chi connectivity index (χ0n) is 8.51. The Morgan fingerprint density at radius 1 is 1.38 bits per heavy atom. The lowest BCUT2D eigenvalue weighted by atomic mass is 10.1. The molecule has 0 aliphatic rings. The fraction of sp³-hybridized carbons (Fsp3) is 0.0909. The average molecular weight is 220 g/mol. The van der Waals surface area contributed by atoms with Crippen molar-refractivity contribution in [3.8, 4) is 0 Å². The average Bonchev–Trinajstić information content (AvgIpc) is 2.20. The van der Waals surface area contributed by atoms with Gasteiger partial charge in [-0.05, 0) is 23.8 Å². The van der Waals surface area contributed by atoms with E-state index in [1.54, 1.807) is 12.2 Å². The van der Waals surface area contributed by atoms with E-state index in [4.69, 9.17) is 16.6 Å². The van der Waals surface area contributed by atoms with Gasteiger partial charge in [-0.25, -0.2) is 4.79 Å². The standard InChI is InChI=1S/C11H12N2O3/c12-9-5-4-8(11(15)16)6-7(9)2-1-3-10(13)14/h1-2,4-6H,3,12H2,(H2,13,14)(H,15,16). The number of nitrogens with two attached hydrogens (primary N) is 2. The normalized spacial score (nSPS) is 10.5. The molecule has 1 rings (SSSR count). The predicted octanol–water partition coefficient (Wildman–Crippen LogP) is 0.856. The highest BCUT2D eigenvalue weighted by Crippen LogP contribution is 2.16. The second kappa shape index (κ2) is 4.97. The van der Waals surface area contributed by atoms with Crippen molar-refractivity contribution in [2.24, 2.45) is 5.73 Å². The van der Waals surface area contributed by atoms with Gasteiger partial charge < -0.3 is 16.6 Å². The van der Waals surface area contributed by atoms with Crippen molar-refractivity contribution >= 4 is 23.6 Å². The second-order valence-corrected chi connectivity index (χ2v) is 3.22. The van der Waals surface area contributed by atoms with E-state index in [1.165, 1.54) is 18.2 Å². The van der Waals surface area contributed by atoms with E-state index in [0.717, 1.165) is 0 Å². The third-order valence-corrected chi connectivity index (χ3v) is 1.95. The number of carboxylic acids is 1. The van der Waals surface area contributed by atoms with Crippen LogP contribution in [0, 0.1) is 0 Å². The maximum atomic E-state index is 10.7. The second-order valence-electron chi connectivity index (χ2n) is 3.22. The smallest absolute Gasteiger partial charge is 0.335 e. The Labute approximate surface area is 92.4 Å². The van der Waals surface area contributed by atoms with Gasteiger partial charge in [0, 0.05) is 12.1 Å². The van der Waals surface area contributed by atoms with Crippen molar-refractivity contribution in [1.82, 2.24) is 0 Å². The van der Waals surface area contributed by atoms with Crippen LogP contribution >= 0.6 is 0 Å². The lowest BCUT2D eigenvalue weighted by molar-refractivity contribution is -0.117. The van der Waals surface area contributed by atoms with Crippen LogP contribution in [0.5, 0.6) is 0 Å². The molecule has 0 radical (unpaired) electrons. The molecule has 0 aromatic heterocycles. The summed E-state index contributed by atoms with van der Waals surface area (Å²) in [6.45, 7) is 0. The molecule has 0 aliphatic heterocycles. The Morgan fingerprint density at radius 2 is 2.06 bits per heavy atom. The molecule has 0 unspecified atom stereocenters. The number of hydrogen-bond acceptors (Lipinski definition) is 3. The fourth-order valence-corrected chi connectivity index (χ4v) is 1.15. The maximum absolute atomic E-state index is 10.7. The largest absolute Gasteiger partial charge is 0.478 e. The zero-order valence-corrected chi connectivity index (χ0v) is 8.51. The molecule has 0 atom stereocenters. The first-order chi connectivity index (χ1) is 7.50. The summed E-state index contributed by atoms with van der Waals surface area (Å²) < 4.78 is 0. The maximum Gasteiger partial charge on any atom is 0.335 e. The van der Waals surface area contributed by atoms with Crippen LogP contribution in [-0.4, -0.2) is 17.0 Å². The summed E-state index contributed by atoms with van der Waals surface area (Å²) in [7, 11) is 0. The summed E-state index contributed by atoms with van der Waals surface area (Å²) in [6, 6.07) is 4.37. The van der Waals surface area contributed by atoms with E-state index in [2.05, 4.69) is 0 Å². The molecular weight excluding hydrogens is 208 g/mol. The molecule has 1 aromatic carbocycles. The van der Waals surface area contributed by atoms with Gasteiger partial charge >= 0.3 is 5.97 Å². The van der Waals surface area contributed by atoms with Gasteiger partial charge in [-0.1, -0.05) is 12.2 Å². The number of amides is 1. The molecule has 5 nitrogen and oxygen atoms in total. The van der Waals surface area contributed by atoms with Crippen molar-refractivity contribution < 1.29 is 14.7 Å². The van der Waals surface area contributed by atoms with Gasteiger partial charge in [0.05, 0.1) is 5.56 Å². The van der Waals surface area contributed by atoms with Gasteiger partial charge in [-0.2, -0.15) is 0 Å². The van der Waals surface area contributed by atoms with E-state index in [1.807, 2.05) is 0 Å². The molecule has 0 aliphatic carbocycles. The molecule has 1 amide bonds. The van der Waals surface area contributed by atoms with Gasteiger partial charge in [-0.15, -0.1) is 0 Å². The topological polar surface area (TPSA) is 106 Å². The number of rotatable bonds is 4. The number of aromatic carboxylic acids is 1. The number of benzene rings is 1. The van der Waals surface area contributed by atoms with Crippen LogP contribution in [0.15, 0.2) is 24.3 Å².